The van der Waals surface area contributed by atoms with Gasteiger partial charge in [-0.15, -0.1) is 0 Å². The average Bonchev–Trinajstić information content (AvgIpc) is 2.84. The van der Waals surface area contributed by atoms with Gasteiger partial charge in [-0.05, 0) is 42.3 Å². The van der Waals surface area contributed by atoms with Crippen molar-refractivity contribution in [2.24, 2.45) is 5.73 Å². The highest BCUT2D eigenvalue weighted by Gasteiger charge is 2.34. The summed E-state index contributed by atoms with van der Waals surface area (Å²) in [5.41, 5.74) is 10.1. The van der Waals surface area contributed by atoms with E-state index in [4.69, 9.17) is 5.73 Å². The van der Waals surface area contributed by atoms with Crippen LogP contribution in [-0.4, -0.2) is 15.3 Å². The first-order valence-electron chi connectivity index (χ1n) is 7.20. The van der Waals surface area contributed by atoms with Gasteiger partial charge in [0.05, 0.1) is 16.6 Å². The molecule has 0 amide bonds. The van der Waals surface area contributed by atoms with Crippen molar-refractivity contribution in [1.29, 1.82) is 0 Å². The van der Waals surface area contributed by atoms with Crippen LogP contribution >= 0.6 is 11.8 Å². The van der Waals surface area contributed by atoms with E-state index in [1.54, 1.807) is 17.8 Å². The van der Waals surface area contributed by atoms with Gasteiger partial charge >= 0.3 is 0 Å². The molecule has 22 heavy (non-hydrogen) atoms. The Bertz CT molecular complexity index is 873. The number of fused-ring (bicyclic) bond motifs is 3. The van der Waals surface area contributed by atoms with Crippen molar-refractivity contribution in [2.45, 2.75) is 24.2 Å². The van der Waals surface area contributed by atoms with Gasteiger partial charge in [-0.1, -0.05) is 30.0 Å². The van der Waals surface area contributed by atoms with Crippen molar-refractivity contribution in [3.8, 4) is 0 Å². The summed E-state index contributed by atoms with van der Waals surface area (Å²) in [4.78, 5) is 4.69. The molecule has 112 valence electrons. The standard InChI is InChI=1S/C17H16FN3S/c1-11-5-6-15-14(7-11)20-16-21(15)9-17(19,10-22-16)12-3-2-4-13(18)8-12/h2-8H,9-10,19H2,1H3. The highest BCUT2D eigenvalue weighted by molar-refractivity contribution is 7.99. The second kappa shape index (κ2) is 4.83. The molecule has 2 heterocycles. The van der Waals surface area contributed by atoms with Crippen LogP contribution in [0.2, 0.25) is 0 Å². The minimum atomic E-state index is -0.585. The molecule has 3 nitrogen and oxygen atoms in total. The SMILES string of the molecule is Cc1ccc2c(c1)nc1n2CC(N)(c2cccc(F)c2)CS1. The molecule has 0 fully saturated rings. The predicted octanol–water partition coefficient (Wildman–Crippen LogP) is 3.44. The second-order valence-corrected chi connectivity index (χ2v) is 6.87. The van der Waals surface area contributed by atoms with Crippen molar-refractivity contribution < 1.29 is 4.39 Å². The topological polar surface area (TPSA) is 43.8 Å². The molecular weight excluding hydrogens is 297 g/mol. The lowest BCUT2D eigenvalue weighted by Crippen LogP contribution is -2.45. The first-order valence-corrected chi connectivity index (χ1v) is 8.18. The van der Waals surface area contributed by atoms with Crippen LogP contribution in [0.1, 0.15) is 11.1 Å². The second-order valence-electron chi connectivity index (χ2n) is 5.93. The van der Waals surface area contributed by atoms with Gasteiger partial charge in [0.1, 0.15) is 5.82 Å². The quantitative estimate of drug-likeness (QED) is 0.748. The van der Waals surface area contributed by atoms with E-state index >= 15 is 0 Å². The molecule has 5 heteroatoms. The molecular formula is C17H16FN3S. The Morgan fingerprint density at radius 1 is 1.27 bits per heavy atom. The van der Waals surface area contributed by atoms with Gasteiger partial charge in [-0.25, -0.2) is 9.37 Å². The zero-order chi connectivity index (χ0) is 15.3. The molecule has 0 radical (unpaired) electrons. The van der Waals surface area contributed by atoms with E-state index in [-0.39, 0.29) is 5.82 Å². The zero-order valence-electron chi connectivity index (χ0n) is 12.2. The summed E-state index contributed by atoms with van der Waals surface area (Å²) in [6.45, 7) is 2.67. The summed E-state index contributed by atoms with van der Waals surface area (Å²) in [5.74, 6) is 0.447. The maximum absolute atomic E-state index is 13.5. The highest BCUT2D eigenvalue weighted by Crippen LogP contribution is 2.37. The molecule has 1 aliphatic heterocycles. The number of rotatable bonds is 1. The number of nitrogens with zero attached hydrogens (tertiary/aromatic N) is 2. The van der Waals surface area contributed by atoms with Crippen LogP contribution < -0.4 is 5.73 Å². The first kappa shape index (κ1) is 13.8. The average molecular weight is 313 g/mol. The van der Waals surface area contributed by atoms with Gasteiger partial charge in [0.25, 0.3) is 0 Å². The third-order valence-corrected chi connectivity index (χ3v) is 5.40. The Morgan fingerprint density at radius 2 is 2.14 bits per heavy atom. The third kappa shape index (κ3) is 2.12. The Hall–Kier alpha value is -1.85. The molecule has 1 unspecified atom stereocenters. The lowest BCUT2D eigenvalue weighted by atomic mass is 9.92. The van der Waals surface area contributed by atoms with E-state index in [9.17, 15) is 4.39 Å². The van der Waals surface area contributed by atoms with Gasteiger partial charge < -0.3 is 10.3 Å². The number of benzene rings is 2. The summed E-state index contributed by atoms with van der Waals surface area (Å²) in [6.07, 6.45) is 0. The van der Waals surface area contributed by atoms with Crippen molar-refractivity contribution in [1.82, 2.24) is 9.55 Å². The van der Waals surface area contributed by atoms with Crippen molar-refractivity contribution in [3.05, 3.63) is 59.4 Å². The molecule has 0 saturated carbocycles. The fourth-order valence-corrected chi connectivity index (χ4v) is 4.10. The maximum atomic E-state index is 13.5. The number of hydrogen-bond donors (Lipinski definition) is 1. The molecule has 1 aromatic heterocycles. The fourth-order valence-electron chi connectivity index (χ4n) is 2.97. The van der Waals surface area contributed by atoms with E-state index < -0.39 is 5.54 Å². The summed E-state index contributed by atoms with van der Waals surface area (Å²) in [5, 5.41) is 0.984. The minimum Gasteiger partial charge on any atom is -0.319 e. The summed E-state index contributed by atoms with van der Waals surface area (Å²) in [6, 6.07) is 12.8. The molecule has 0 bridgehead atoms. The van der Waals surface area contributed by atoms with Crippen LogP contribution in [0.25, 0.3) is 11.0 Å². The van der Waals surface area contributed by atoms with Crippen molar-refractivity contribution in [3.63, 3.8) is 0 Å². The van der Waals surface area contributed by atoms with Crippen molar-refractivity contribution in [2.75, 3.05) is 5.75 Å². The van der Waals surface area contributed by atoms with Gasteiger partial charge in [0, 0.05) is 12.3 Å². The largest absolute Gasteiger partial charge is 0.319 e. The third-order valence-electron chi connectivity index (χ3n) is 4.17. The molecule has 3 aromatic rings. The molecule has 0 saturated heterocycles. The smallest absolute Gasteiger partial charge is 0.169 e. The Kier molecular flexibility index (Phi) is 3.03. The summed E-state index contributed by atoms with van der Waals surface area (Å²) in [7, 11) is 0. The van der Waals surface area contributed by atoms with E-state index in [0.717, 1.165) is 21.8 Å². The lowest BCUT2D eigenvalue weighted by Gasteiger charge is -2.34. The van der Waals surface area contributed by atoms with Gasteiger partial charge in [-0.3, -0.25) is 0 Å². The number of aryl methyl sites for hydroxylation is 1. The minimum absolute atomic E-state index is 0.246. The monoisotopic (exact) mass is 313 g/mol. The van der Waals surface area contributed by atoms with Crippen LogP contribution in [0.3, 0.4) is 0 Å². The number of imidazole rings is 1. The lowest BCUT2D eigenvalue weighted by molar-refractivity contribution is 0.394. The number of aromatic nitrogens is 2. The van der Waals surface area contributed by atoms with Gasteiger partial charge in [0.2, 0.25) is 0 Å². The normalized spacial score (nSPS) is 21.0. The molecule has 0 aliphatic carbocycles. The van der Waals surface area contributed by atoms with Gasteiger partial charge in [-0.2, -0.15) is 0 Å². The first-order chi connectivity index (χ1) is 10.5. The predicted molar refractivity (Wildman–Crippen MR) is 87.5 cm³/mol. The van der Waals surface area contributed by atoms with E-state index in [1.807, 2.05) is 6.07 Å². The number of thioether (sulfide) groups is 1. The van der Waals surface area contributed by atoms with Crippen LogP contribution in [0.4, 0.5) is 4.39 Å². The number of halogens is 1. The summed E-state index contributed by atoms with van der Waals surface area (Å²) >= 11 is 1.63. The number of nitrogens with two attached hydrogens (primary N) is 1. The molecule has 4 rings (SSSR count). The van der Waals surface area contributed by atoms with E-state index in [0.29, 0.717) is 12.3 Å². The van der Waals surface area contributed by atoms with Crippen LogP contribution in [0, 0.1) is 12.7 Å². The molecule has 1 aliphatic rings. The number of hydrogen-bond acceptors (Lipinski definition) is 3. The van der Waals surface area contributed by atoms with Gasteiger partial charge in [0.15, 0.2) is 5.16 Å². The van der Waals surface area contributed by atoms with E-state index in [2.05, 4.69) is 34.7 Å². The van der Waals surface area contributed by atoms with Crippen molar-refractivity contribution >= 4 is 22.8 Å². The molecule has 0 spiro atoms. The van der Waals surface area contributed by atoms with Crippen LogP contribution in [0.5, 0.6) is 0 Å². The maximum Gasteiger partial charge on any atom is 0.169 e. The van der Waals surface area contributed by atoms with Crippen LogP contribution in [-0.2, 0) is 12.1 Å². The van der Waals surface area contributed by atoms with Crippen LogP contribution in [0.15, 0.2) is 47.6 Å². The Balaban J connectivity index is 1.81. The Morgan fingerprint density at radius 3 is 2.95 bits per heavy atom. The fraction of sp³-hybridized carbons (Fsp3) is 0.235. The van der Waals surface area contributed by atoms with E-state index in [1.165, 1.54) is 17.7 Å². The zero-order valence-corrected chi connectivity index (χ0v) is 13.0. The molecule has 2 aromatic carbocycles. The summed E-state index contributed by atoms with van der Waals surface area (Å²) < 4.78 is 15.7. The Labute approximate surface area is 132 Å². The molecule has 2 N–H and O–H groups in total. The highest BCUT2D eigenvalue weighted by atomic mass is 32.2. The molecule has 1 atom stereocenters.